The molecule has 0 saturated carbocycles. The molecular weight excluding hydrogens is 392 g/mol. The van der Waals surface area contributed by atoms with E-state index >= 15 is 0 Å². The number of pyridine rings is 1. The molecule has 1 aromatic heterocycles. The predicted molar refractivity (Wildman–Crippen MR) is 127 cm³/mol. The number of piperidine rings is 1. The minimum absolute atomic E-state index is 0.0539. The van der Waals surface area contributed by atoms with E-state index in [1.54, 1.807) is 0 Å². The molecule has 2 N–H and O–H groups in total. The van der Waals surface area contributed by atoms with E-state index in [1.807, 2.05) is 6.20 Å². The van der Waals surface area contributed by atoms with Gasteiger partial charge in [-0.25, -0.2) is 4.98 Å². The molecule has 2 aliphatic rings. The number of anilines is 2. The van der Waals surface area contributed by atoms with Crippen molar-refractivity contribution in [2.45, 2.75) is 38.0 Å². The second-order valence-electron chi connectivity index (χ2n) is 8.66. The van der Waals surface area contributed by atoms with Crippen molar-refractivity contribution in [3.05, 3.63) is 54.2 Å². The summed E-state index contributed by atoms with van der Waals surface area (Å²) in [5, 5.41) is 7.38. The molecule has 0 spiro atoms. The monoisotopic (exact) mass is 424 g/mol. The highest BCUT2D eigenvalue weighted by atomic mass is 32.1. The molecule has 1 aromatic carbocycles. The molecule has 1 atom stereocenters. The van der Waals surface area contributed by atoms with E-state index in [2.05, 4.69) is 69.9 Å². The molecule has 2 saturated heterocycles. The summed E-state index contributed by atoms with van der Waals surface area (Å²) in [6.45, 7) is 6.87. The molecule has 4 rings (SSSR count). The van der Waals surface area contributed by atoms with Gasteiger partial charge in [0.25, 0.3) is 0 Å². The van der Waals surface area contributed by atoms with Crippen molar-refractivity contribution in [3.8, 4) is 0 Å². The third-order valence-corrected chi connectivity index (χ3v) is 6.66. The predicted octanol–water partition coefficient (Wildman–Crippen LogP) is 4.35. The van der Waals surface area contributed by atoms with E-state index in [4.69, 9.17) is 17.0 Å². The molecule has 0 bridgehead atoms. The van der Waals surface area contributed by atoms with Crippen LogP contribution in [0.1, 0.15) is 38.2 Å². The maximum atomic E-state index is 5.63. The number of hydrogen-bond donors (Lipinski definition) is 2. The highest BCUT2D eigenvalue weighted by Crippen LogP contribution is 2.34. The summed E-state index contributed by atoms with van der Waals surface area (Å²) in [6.07, 6.45) is 6.43. The first-order valence-corrected chi connectivity index (χ1v) is 11.4. The summed E-state index contributed by atoms with van der Waals surface area (Å²) in [5.41, 5.74) is 2.32. The maximum absolute atomic E-state index is 5.63. The van der Waals surface area contributed by atoms with Crippen LogP contribution in [0.3, 0.4) is 0 Å². The molecular formula is C24H32N4OS. The molecule has 160 valence electrons. The Morgan fingerprint density at radius 3 is 2.70 bits per heavy atom. The lowest BCUT2D eigenvalue weighted by atomic mass is 9.74. The van der Waals surface area contributed by atoms with Crippen LogP contribution in [0.4, 0.5) is 11.5 Å². The highest BCUT2D eigenvalue weighted by Gasteiger charge is 2.34. The number of thiocarbonyl (C=S) groups is 1. The zero-order valence-corrected chi connectivity index (χ0v) is 18.6. The Hall–Kier alpha value is -2.18. The van der Waals surface area contributed by atoms with Gasteiger partial charge in [0.15, 0.2) is 5.11 Å². The molecule has 30 heavy (non-hydrogen) atoms. The SMILES string of the molecule is C[C@@H]1CCCN(c2ccc(NC(=S)NCC3(c4ccccc4)CCOCC3)cn2)C1. The first-order chi connectivity index (χ1) is 14.6. The topological polar surface area (TPSA) is 49.4 Å². The molecule has 0 radical (unpaired) electrons. The van der Waals surface area contributed by atoms with Gasteiger partial charge >= 0.3 is 0 Å². The lowest BCUT2D eigenvalue weighted by Crippen LogP contribution is -2.45. The number of hydrogen-bond acceptors (Lipinski definition) is 4. The van der Waals surface area contributed by atoms with Crippen molar-refractivity contribution in [3.63, 3.8) is 0 Å². The Kier molecular flexibility index (Phi) is 6.85. The molecule has 2 fully saturated rings. The van der Waals surface area contributed by atoms with Gasteiger partial charge in [0.05, 0.1) is 11.9 Å². The maximum Gasteiger partial charge on any atom is 0.170 e. The van der Waals surface area contributed by atoms with Crippen molar-refractivity contribution >= 4 is 28.8 Å². The van der Waals surface area contributed by atoms with Gasteiger partial charge in [-0.05, 0) is 61.5 Å². The van der Waals surface area contributed by atoms with Crippen LogP contribution >= 0.6 is 12.2 Å². The van der Waals surface area contributed by atoms with Crippen LogP contribution in [0.2, 0.25) is 0 Å². The van der Waals surface area contributed by atoms with Crippen LogP contribution in [0.5, 0.6) is 0 Å². The third kappa shape index (κ3) is 5.10. The Morgan fingerprint density at radius 1 is 1.20 bits per heavy atom. The van der Waals surface area contributed by atoms with Crippen LogP contribution < -0.4 is 15.5 Å². The number of rotatable bonds is 5. The molecule has 5 nitrogen and oxygen atoms in total. The van der Waals surface area contributed by atoms with E-state index in [1.165, 1.54) is 18.4 Å². The van der Waals surface area contributed by atoms with E-state index in [0.717, 1.165) is 63.1 Å². The molecule has 6 heteroatoms. The average molecular weight is 425 g/mol. The zero-order valence-electron chi connectivity index (χ0n) is 17.8. The van der Waals surface area contributed by atoms with E-state index < -0.39 is 0 Å². The van der Waals surface area contributed by atoms with Crippen LogP contribution in [0, 0.1) is 5.92 Å². The van der Waals surface area contributed by atoms with Crippen molar-refractivity contribution < 1.29 is 4.74 Å². The Labute approximate surface area is 185 Å². The Balaban J connectivity index is 1.35. The summed E-state index contributed by atoms with van der Waals surface area (Å²) in [6, 6.07) is 14.9. The van der Waals surface area contributed by atoms with E-state index in [0.29, 0.717) is 5.11 Å². The smallest absolute Gasteiger partial charge is 0.170 e. The fourth-order valence-corrected chi connectivity index (χ4v) is 4.78. The van der Waals surface area contributed by atoms with Gasteiger partial charge in [0.2, 0.25) is 0 Å². The number of nitrogens with zero attached hydrogens (tertiary/aromatic N) is 2. The summed E-state index contributed by atoms with van der Waals surface area (Å²) < 4.78 is 5.63. The van der Waals surface area contributed by atoms with Gasteiger partial charge in [-0.3, -0.25) is 0 Å². The minimum Gasteiger partial charge on any atom is -0.381 e. The quantitative estimate of drug-likeness (QED) is 0.696. The Morgan fingerprint density at radius 2 is 2.00 bits per heavy atom. The second-order valence-corrected chi connectivity index (χ2v) is 9.07. The van der Waals surface area contributed by atoms with Gasteiger partial charge < -0.3 is 20.3 Å². The largest absolute Gasteiger partial charge is 0.381 e. The number of ether oxygens (including phenoxy) is 1. The standard InChI is InChI=1S/C24H32N4OS/c1-19-6-5-13-28(17-19)22-10-9-21(16-25-22)27-23(30)26-18-24(11-14-29-15-12-24)20-7-3-2-4-8-20/h2-4,7-10,16,19H,5-6,11-15,17-18H2,1H3,(H2,26,27,30)/t19-/m1/s1. The van der Waals surface area contributed by atoms with E-state index in [-0.39, 0.29) is 5.41 Å². The molecule has 0 amide bonds. The first kappa shape index (κ1) is 21.1. The van der Waals surface area contributed by atoms with Gasteiger partial charge in [0, 0.05) is 38.3 Å². The highest BCUT2D eigenvalue weighted by molar-refractivity contribution is 7.80. The number of benzene rings is 1. The lowest BCUT2D eigenvalue weighted by molar-refractivity contribution is 0.0515. The van der Waals surface area contributed by atoms with Gasteiger partial charge in [0.1, 0.15) is 5.82 Å². The van der Waals surface area contributed by atoms with Crippen LogP contribution in [0.25, 0.3) is 0 Å². The lowest BCUT2D eigenvalue weighted by Gasteiger charge is -2.38. The molecule has 2 aromatic rings. The molecule has 0 aliphatic carbocycles. The van der Waals surface area contributed by atoms with Gasteiger partial charge in [-0.2, -0.15) is 0 Å². The van der Waals surface area contributed by atoms with Gasteiger partial charge in [-0.15, -0.1) is 0 Å². The second kappa shape index (κ2) is 9.75. The molecule has 2 aliphatic heterocycles. The first-order valence-electron chi connectivity index (χ1n) is 11.0. The van der Waals surface area contributed by atoms with Crippen LogP contribution in [-0.2, 0) is 10.2 Å². The molecule has 3 heterocycles. The fraction of sp³-hybridized carbons (Fsp3) is 0.500. The number of aromatic nitrogens is 1. The zero-order chi connectivity index (χ0) is 20.8. The minimum atomic E-state index is 0.0539. The third-order valence-electron chi connectivity index (χ3n) is 6.41. The fourth-order valence-electron chi connectivity index (χ4n) is 4.59. The van der Waals surface area contributed by atoms with Crippen molar-refractivity contribution in [1.82, 2.24) is 10.3 Å². The summed E-state index contributed by atoms with van der Waals surface area (Å²) in [5.74, 6) is 1.79. The molecule has 0 unspecified atom stereocenters. The van der Waals surface area contributed by atoms with Crippen molar-refractivity contribution in [1.29, 1.82) is 0 Å². The van der Waals surface area contributed by atoms with Crippen LogP contribution in [-0.4, -0.2) is 42.9 Å². The normalized spacial score (nSPS) is 21.1. The van der Waals surface area contributed by atoms with Crippen molar-refractivity contribution in [2.75, 3.05) is 43.1 Å². The average Bonchev–Trinajstić information content (AvgIpc) is 2.79. The van der Waals surface area contributed by atoms with Gasteiger partial charge in [-0.1, -0.05) is 37.3 Å². The number of nitrogens with one attached hydrogen (secondary N) is 2. The Bertz CT molecular complexity index is 821. The summed E-state index contributed by atoms with van der Waals surface area (Å²) in [7, 11) is 0. The van der Waals surface area contributed by atoms with E-state index in [9.17, 15) is 0 Å². The summed E-state index contributed by atoms with van der Waals surface area (Å²) >= 11 is 5.59. The van der Waals surface area contributed by atoms with Crippen LogP contribution in [0.15, 0.2) is 48.7 Å². The van der Waals surface area contributed by atoms with Crippen molar-refractivity contribution in [2.24, 2.45) is 5.92 Å². The summed E-state index contributed by atoms with van der Waals surface area (Å²) in [4.78, 5) is 7.04.